The molecule has 1 amide bonds. The van der Waals surface area contributed by atoms with E-state index in [1.165, 1.54) is 5.56 Å². The summed E-state index contributed by atoms with van der Waals surface area (Å²) in [6.45, 7) is 2.57. The number of hydrogen-bond donors (Lipinski definition) is 0. The Morgan fingerprint density at radius 2 is 1.88 bits per heavy atom. The highest BCUT2D eigenvalue weighted by Crippen LogP contribution is 2.33. The van der Waals surface area contributed by atoms with E-state index in [4.69, 9.17) is 4.52 Å². The molecular weight excluding hydrogens is 314 g/mol. The summed E-state index contributed by atoms with van der Waals surface area (Å²) in [6.07, 6.45) is 2.04. The fourth-order valence-corrected chi connectivity index (χ4v) is 3.37. The van der Waals surface area contributed by atoms with Crippen LogP contribution in [0.1, 0.15) is 40.6 Å². The molecule has 0 N–H and O–H groups in total. The van der Waals surface area contributed by atoms with E-state index in [1.807, 2.05) is 47.4 Å². The number of amides is 1. The summed E-state index contributed by atoms with van der Waals surface area (Å²) < 4.78 is 5.17. The summed E-state index contributed by atoms with van der Waals surface area (Å²) in [4.78, 5) is 19.1. The van der Waals surface area contributed by atoms with Crippen molar-refractivity contribution in [1.29, 1.82) is 0 Å². The van der Waals surface area contributed by atoms with Gasteiger partial charge in [-0.05, 0) is 49.6 Å². The molecule has 2 aromatic carbocycles. The van der Waals surface area contributed by atoms with E-state index in [1.54, 1.807) is 6.92 Å². The normalized spacial score (nSPS) is 17.0. The van der Waals surface area contributed by atoms with E-state index in [0.717, 1.165) is 24.9 Å². The molecule has 1 saturated heterocycles. The third kappa shape index (κ3) is 3.05. The molecule has 0 saturated carbocycles. The van der Waals surface area contributed by atoms with Crippen molar-refractivity contribution >= 4 is 5.91 Å². The molecule has 5 heteroatoms. The zero-order chi connectivity index (χ0) is 17.2. The molecule has 5 nitrogen and oxygen atoms in total. The van der Waals surface area contributed by atoms with Crippen LogP contribution in [0.5, 0.6) is 0 Å². The van der Waals surface area contributed by atoms with Crippen LogP contribution in [0.25, 0.3) is 11.5 Å². The van der Waals surface area contributed by atoms with Crippen molar-refractivity contribution in [2.24, 2.45) is 0 Å². The highest BCUT2D eigenvalue weighted by molar-refractivity contribution is 5.95. The lowest BCUT2D eigenvalue weighted by atomic mass is 10.0. The minimum atomic E-state index is 0.0691. The first-order chi connectivity index (χ1) is 12.2. The first-order valence-corrected chi connectivity index (χ1v) is 8.49. The van der Waals surface area contributed by atoms with Crippen LogP contribution in [-0.4, -0.2) is 27.5 Å². The summed E-state index contributed by atoms with van der Waals surface area (Å²) >= 11 is 0. The molecule has 1 fully saturated rings. The van der Waals surface area contributed by atoms with Crippen molar-refractivity contribution in [3.63, 3.8) is 0 Å². The van der Waals surface area contributed by atoms with Gasteiger partial charge in [-0.25, -0.2) is 0 Å². The molecule has 25 heavy (non-hydrogen) atoms. The Bertz CT molecular complexity index is 871. The number of nitrogens with zero attached hydrogens (tertiary/aromatic N) is 3. The second kappa shape index (κ2) is 6.51. The van der Waals surface area contributed by atoms with Crippen LogP contribution in [0.2, 0.25) is 0 Å². The zero-order valence-corrected chi connectivity index (χ0v) is 14.1. The minimum Gasteiger partial charge on any atom is -0.334 e. The van der Waals surface area contributed by atoms with E-state index in [-0.39, 0.29) is 11.9 Å². The average molecular weight is 333 g/mol. The first-order valence-electron chi connectivity index (χ1n) is 8.49. The van der Waals surface area contributed by atoms with Gasteiger partial charge < -0.3 is 9.42 Å². The van der Waals surface area contributed by atoms with Crippen molar-refractivity contribution in [3.8, 4) is 11.5 Å². The van der Waals surface area contributed by atoms with Gasteiger partial charge in [0.25, 0.3) is 11.8 Å². The van der Waals surface area contributed by atoms with Crippen LogP contribution in [0, 0.1) is 6.92 Å². The fraction of sp³-hybridized carbons (Fsp3) is 0.250. The zero-order valence-electron chi connectivity index (χ0n) is 14.1. The van der Waals surface area contributed by atoms with Crippen molar-refractivity contribution in [2.75, 3.05) is 6.54 Å². The van der Waals surface area contributed by atoms with Crippen molar-refractivity contribution < 1.29 is 9.32 Å². The van der Waals surface area contributed by atoms with Gasteiger partial charge in [0.15, 0.2) is 5.82 Å². The predicted molar refractivity (Wildman–Crippen MR) is 93.9 cm³/mol. The molecule has 2 heterocycles. The summed E-state index contributed by atoms with van der Waals surface area (Å²) in [5.41, 5.74) is 2.70. The van der Waals surface area contributed by atoms with Gasteiger partial charge in [-0.15, -0.1) is 0 Å². The standard InChI is InChI=1S/C20H19N3O2/c1-14-21-19(25-22-14)16-9-11-17(12-10-16)20(24)23-13-5-8-18(23)15-6-3-2-4-7-15/h2-4,6-7,9-12,18H,5,8,13H2,1H3. The van der Waals surface area contributed by atoms with Crippen LogP contribution in [0.15, 0.2) is 59.1 Å². The van der Waals surface area contributed by atoms with Crippen molar-refractivity contribution in [1.82, 2.24) is 15.0 Å². The second-order valence-corrected chi connectivity index (χ2v) is 6.29. The highest BCUT2D eigenvalue weighted by atomic mass is 16.5. The molecule has 1 aliphatic rings. The van der Waals surface area contributed by atoms with Gasteiger partial charge in [0.1, 0.15) is 0 Å². The number of likely N-dealkylation sites (tertiary alicyclic amines) is 1. The SMILES string of the molecule is Cc1noc(-c2ccc(C(=O)N3CCCC3c3ccccc3)cc2)n1. The largest absolute Gasteiger partial charge is 0.334 e. The van der Waals surface area contributed by atoms with E-state index in [9.17, 15) is 4.79 Å². The molecule has 1 aliphatic heterocycles. The number of hydrogen-bond acceptors (Lipinski definition) is 4. The number of carbonyl (C=O) groups is 1. The third-order valence-corrected chi connectivity index (χ3v) is 4.60. The molecule has 126 valence electrons. The Hall–Kier alpha value is -2.95. The van der Waals surface area contributed by atoms with Crippen LogP contribution in [-0.2, 0) is 0 Å². The number of rotatable bonds is 3. The molecule has 0 spiro atoms. The third-order valence-electron chi connectivity index (χ3n) is 4.60. The molecule has 1 unspecified atom stereocenters. The minimum absolute atomic E-state index is 0.0691. The highest BCUT2D eigenvalue weighted by Gasteiger charge is 2.30. The van der Waals surface area contributed by atoms with Crippen LogP contribution >= 0.6 is 0 Å². The maximum absolute atomic E-state index is 13.0. The number of carbonyl (C=O) groups excluding carboxylic acids is 1. The number of benzene rings is 2. The second-order valence-electron chi connectivity index (χ2n) is 6.29. The van der Waals surface area contributed by atoms with Gasteiger partial charge in [-0.1, -0.05) is 35.5 Å². The van der Waals surface area contributed by atoms with Crippen LogP contribution in [0.4, 0.5) is 0 Å². The average Bonchev–Trinajstić information content (AvgIpc) is 3.31. The molecule has 1 atom stereocenters. The van der Waals surface area contributed by atoms with Gasteiger partial charge >= 0.3 is 0 Å². The number of aryl methyl sites for hydroxylation is 1. The van der Waals surface area contributed by atoms with E-state index >= 15 is 0 Å². The van der Waals surface area contributed by atoms with Gasteiger partial charge in [-0.2, -0.15) is 4.98 Å². The van der Waals surface area contributed by atoms with E-state index in [2.05, 4.69) is 22.3 Å². The lowest BCUT2D eigenvalue weighted by molar-refractivity contribution is 0.0735. The van der Waals surface area contributed by atoms with E-state index < -0.39 is 0 Å². The van der Waals surface area contributed by atoms with Gasteiger partial charge in [0.2, 0.25) is 0 Å². The summed E-state index contributed by atoms with van der Waals surface area (Å²) in [6, 6.07) is 17.8. The lowest BCUT2D eigenvalue weighted by Crippen LogP contribution is -2.30. The monoisotopic (exact) mass is 333 g/mol. The van der Waals surface area contributed by atoms with Crippen LogP contribution < -0.4 is 0 Å². The van der Waals surface area contributed by atoms with Crippen molar-refractivity contribution in [3.05, 3.63) is 71.5 Å². The topological polar surface area (TPSA) is 59.2 Å². The molecule has 4 rings (SSSR count). The quantitative estimate of drug-likeness (QED) is 0.726. The van der Waals surface area contributed by atoms with Gasteiger partial charge in [0.05, 0.1) is 6.04 Å². The Kier molecular flexibility index (Phi) is 4.06. The maximum Gasteiger partial charge on any atom is 0.257 e. The first kappa shape index (κ1) is 15.6. The Morgan fingerprint density at radius 1 is 1.12 bits per heavy atom. The molecular formula is C20H19N3O2. The Balaban J connectivity index is 1.56. The maximum atomic E-state index is 13.0. The Morgan fingerprint density at radius 3 is 2.56 bits per heavy atom. The van der Waals surface area contributed by atoms with Gasteiger partial charge in [0, 0.05) is 17.7 Å². The number of aromatic nitrogens is 2. The molecule has 0 aliphatic carbocycles. The smallest absolute Gasteiger partial charge is 0.257 e. The lowest BCUT2D eigenvalue weighted by Gasteiger charge is -2.25. The summed E-state index contributed by atoms with van der Waals surface area (Å²) in [5.74, 6) is 1.14. The summed E-state index contributed by atoms with van der Waals surface area (Å²) in [5, 5.41) is 3.80. The predicted octanol–water partition coefficient (Wildman–Crippen LogP) is 4.02. The molecule has 0 radical (unpaired) electrons. The van der Waals surface area contributed by atoms with E-state index in [0.29, 0.717) is 17.3 Å². The fourth-order valence-electron chi connectivity index (χ4n) is 3.37. The summed E-state index contributed by atoms with van der Waals surface area (Å²) in [7, 11) is 0. The van der Waals surface area contributed by atoms with Crippen LogP contribution in [0.3, 0.4) is 0 Å². The van der Waals surface area contributed by atoms with Gasteiger partial charge in [-0.3, -0.25) is 4.79 Å². The van der Waals surface area contributed by atoms with Crippen molar-refractivity contribution in [2.45, 2.75) is 25.8 Å². The Labute approximate surface area is 146 Å². The molecule has 0 bridgehead atoms. The molecule has 1 aromatic heterocycles. The molecule has 3 aromatic rings.